The van der Waals surface area contributed by atoms with E-state index < -0.39 is 5.54 Å². The zero-order chi connectivity index (χ0) is 15.4. The summed E-state index contributed by atoms with van der Waals surface area (Å²) in [7, 11) is 1.78. The van der Waals surface area contributed by atoms with E-state index in [9.17, 15) is 9.90 Å². The lowest BCUT2D eigenvalue weighted by Crippen LogP contribution is -2.47. The number of carbonyl (C=O) groups is 1. The minimum atomic E-state index is -0.448. The molecule has 0 aliphatic rings. The van der Waals surface area contributed by atoms with Crippen LogP contribution in [-0.4, -0.2) is 35.1 Å². The summed E-state index contributed by atoms with van der Waals surface area (Å²) < 4.78 is 0. The van der Waals surface area contributed by atoms with Crippen molar-refractivity contribution in [1.29, 1.82) is 0 Å². The molecule has 20 heavy (non-hydrogen) atoms. The van der Waals surface area contributed by atoms with E-state index >= 15 is 0 Å². The number of amides is 1. The Kier molecular flexibility index (Phi) is 10.8. The van der Waals surface area contributed by atoms with Gasteiger partial charge in [-0.25, -0.2) is 0 Å². The third-order valence-electron chi connectivity index (χ3n) is 4.16. The zero-order valence-electron chi connectivity index (χ0n) is 14.1. The number of aliphatic hydroxyl groups excluding tert-OH is 1. The van der Waals surface area contributed by atoms with Gasteiger partial charge in [-0.3, -0.25) is 4.79 Å². The van der Waals surface area contributed by atoms with Crippen LogP contribution in [-0.2, 0) is 4.79 Å². The van der Waals surface area contributed by atoms with E-state index in [-0.39, 0.29) is 12.5 Å². The largest absolute Gasteiger partial charge is 0.394 e. The van der Waals surface area contributed by atoms with Gasteiger partial charge < -0.3 is 10.0 Å². The molecule has 0 radical (unpaired) electrons. The molecule has 0 atom stereocenters. The number of aliphatic hydroxyl groups is 1. The molecule has 0 aliphatic carbocycles. The maximum absolute atomic E-state index is 12.0. The van der Waals surface area contributed by atoms with Crippen molar-refractivity contribution in [2.24, 2.45) is 0 Å². The SMILES string of the molecule is CCCCCCCCCCCC(=O)N(C)C(C)(C)CO. The highest BCUT2D eigenvalue weighted by molar-refractivity contribution is 5.76. The van der Waals surface area contributed by atoms with Crippen LogP contribution in [0.3, 0.4) is 0 Å². The second kappa shape index (κ2) is 11.1. The van der Waals surface area contributed by atoms with Gasteiger partial charge in [0.2, 0.25) is 5.91 Å². The second-order valence-electron chi connectivity index (χ2n) is 6.50. The van der Waals surface area contributed by atoms with Gasteiger partial charge in [0.1, 0.15) is 0 Å². The van der Waals surface area contributed by atoms with E-state index in [1.54, 1.807) is 11.9 Å². The van der Waals surface area contributed by atoms with E-state index in [0.717, 1.165) is 12.8 Å². The molecule has 0 aliphatic heterocycles. The van der Waals surface area contributed by atoms with Gasteiger partial charge >= 0.3 is 0 Å². The van der Waals surface area contributed by atoms with Crippen LogP contribution >= 0.6 is 0 Å². The summed E-state index contributed by atoms with van der Waals surface area (Å²) >= 11 is 0. The van der Waals surface area contributed by atoms with Crippen molar-refractivity contribution in [2.45, 2.75) is 90.5 Å². The standard InChI is InChI=1S/C17H35NO2/c1-5-6-7-8-9-10-11-12-13-14-16(20)18(4)17(2,3)15-19/h19H,5-15H2,1-4H3. The Bertz CT molecular complexity index is 251. The van der Waals surface area contributed by atoms with Crippen molar-refractivity contribution in [3.8, 4) is 0 Å². The molecule has 0 unspecified atom stereocenters. The number of hydrogen-bond donors (Lipinski definition) is 1. The van der Waals surface area contributed by atoms with Gasteiger partial charge in [0.25, 0.3) is 0 Å². The van der Waals surface area contributed by atoms with E-state index in [0.29, 0.717) is 6.42 Å². The maximum atomic E-state index is 12.0. The molecule has 0 saturated heterocycles. The summed E-state index contributed by atoms with van der Waals surface area (Å²) in [5.74, 6) is 0.145. The summed E-state index contributed by atoms with van der Waals surface area (Å²) in [6.07, 6.45) is 12.0. The Morgan fingerprint density at radius 2 is 1.40 bits per heavy atom. The first-order valence-corrected chi connectivity index (χ1v) is 8.33. The van der Waals surface area contributed by atoms with Gasteiger partial charge in [-0.2, -0.15) is 0 Å². The maximum Gasteiger partial charge on any atom is 0.222 e. The van der Waals surface area contributed by atoms with E-state index in [1.807, 2.05) is 13.8 Å². The lowest BCUT2D eigenvalue weighted by molar-refractivity contribution is -0.136. The highest BCUT2D eigenvalue weighted by Crippen LogP contribution is 2.15. The van der Waals surface area contributed by atoms with Gasteiger partial charge in [-0.05, 0) is 20.3 Å². The van der Waals surface area contributed by atoms with Crippen molar-refractivity contribution in [1.82, 2.24) is 4.90 Å². The molecule has 120 valence electrons. The molecule has 1 amide bonds. The Morgan fingerprint density at radius 1 is 0.950 bits per heavy atom. The molecule has 0 bridgehead atoms. The first kappa shape index (κ1) is 19.4. The quantitative estimate of drug-likeness (QED) is 0.548. The number of nitrogens with zero attached hydrogens (tertiary/aromatic N) is 1. The molecule has 1 N–H and O–H groups in total. The number of carbonyl (C=O) groups excluding carboxylic acids is 1. The van der Waals surface area contributed by atoms with Crippen molar-refractivity contribution < 1.29 is 9.90 Å². The van der Waals surface area contributed by atoms with Crippen LogP contribution in [0.4, 0.5) is 0 Å². The summed E-state index contributed by atoms with van der Waals surface area (Å²) in [6.45, 7) is 6.03. The monoisotopic (exact) mass is 285 g/mol. The smallest absolute Gasteiger partial charge is 0.222 e. The normalized spacial score (nSPS) is 11.7. The topological polar surface area (TPSA) is 40.5 Å². The Balaban J connectivity index is 3.53. The predicted octanol–water partition coefficient (Wildman–Crippen LogP) is 4.14. The second-order valence-corrected chi connectivity index (χ2v) is 6.50. The molecule has 0 spiro atoms. The van der Waals surface area contributed by atoms with E-state index in [1.165, 1.54) is 44.9 Å². The molecule has 0 aromatic carbocycles. The third kappa shape index (κ3) is 8.57. The Hall–Kier alpha value is -0.570. The Morgan fingerprint density at radius 3 is 1.85 bits per heavy atom. The highest BCUT2D eigenvalue weighted by atomic mass is 16.3. The van der Waals surface area contributed by atoms with Crippen LogP contribution in [0.1, 0.15) is 85.0 Å². The molecule has 0 heterocycles. The molecular weight excluding hydrogens is 250 g/mol. The van der Waals surface area contributed by atoms with E-state index in [4.69, 9.17) is 0 Å². The predicted molar refractivity (Wildman–Crippen MR) is 85.8 cm³/mol. The fourth-order valence-electron chi connectivity index (χ4n) is 2.20. The van der Waals surface area contributed by atoms with Crippen LogP contribution in [0, 0.1) is 0 Å². The number of likely N-dealkylation sites (N-methyl/N-ethyl adjacent to an activating group) is 1. The van der Waals surface area contributed by atoms with Crippen molar-refractivity contribution in [2.75, 3.05) is 13.7 Å². The summed E-state index contributed by atoms with van der Waals surface area (Å²) in [6, 6.07) is 0. The fraction of sp³-hybridized carbons (Fsp3) is 0.941. The van der Waals surface area contributed by atoms with Gasteiger partial charge in [-0.1, -0.05) is 58.3 Å². The molecule has 0 aromatic rings. The number of rotatable bonds is 12. The van der Waals surface area contributed by atoms with Gasteiger partial charge in [0, 0.05) is 13.5 Å². The summed E-state index contributed by atoms with van der Waals surface area (Å²) in [5, 5.41) is 9.25. The molecule has 0 rings (SSSR count). The van der Waals surface area contributed by atoms with Crippen LogP contribution in [0.15, 0.2) is 0 Å². The van der Waals surface area contributed by atoms with Crippen LogP contribution in [0.25, 0.3) is 0 Å². The highest BCUT2D eigenvalue weighted by Gasteiger charge is 2.25. The lowest BCUT2D eigenvalue weighted by atomic mass is 10.0. The lowest BCUT2D eigenvalue weighted by Gasteiger charge is -2.34. The first-order chi connectivity index (χ1) is 9.45. The Labute approximate surface area is 125 Å². The average molecular weight is 285 g/mol. The van der Waals surface area contributed by atoms with Crippen LogP contribution in [0.2, 0.25) is 0 Å². The molecule has 3 heteroatoms. The third-order valence-corrected chi connectivity index (χ3v) is 4.16. The van der Waals surface area contributed by atoms with Gasteiger partial charge in [0.05, 0.1) is 12.1 Å². The minimum Gasteiger partial charge on any atom is -0.394 e. The number of unbranched alkanes of at least 4 members (excludes halogenated alkanes) is 8. The van der Waals surface area contributed by atoms with Crippen LogP contribution in [0.5, 0.6) is 0 Å². The zero-order valence-corrected chi connectivity index (χ0v) is 14.1. The molecule has 3 nitrogen and oxygen atoms in total. The van der Waals surface area contributed by atoms with Crippen molar-refractivity contribution in [3.05, 3.63) is 0 Å². The minimum absolute atomic E-state index is 0.00694. The van der Waals surface area contributed by atoms with Gasteiger partial charge in [-0.15, -0.1) is 0 Å². The first-order valence-electron chi connectivity index (χ1n) is 8.33. The van der Waals surface area contributed by atoms with Crippen molar-refractivity contribution >= 4 is 5.91 Å². The van der Waals surface area contributed by atoms with E-state index in [2.05, 4.69) is 6.92 Å². The molecular formula is C17H35NO2. The fourth-order valence-corrected chi connectivity index (χ4v) is 2.20. The van der Waals surface area contributed by atoms with Crippen LogP contribution < -0.4 is 0 Å². The van der Waals surface area contributed by atoms with Crippen molar-refractivity contribution in [3.63, 3.8) is 0 Å². The molecule has 0 saturated carbocycles. The average Bonchev–Trinajstić information content (AvgIpc) is 2.44. The molecule has 0 aromatic heterocycles. The van der Waals surface area contributed by atoms with Gasteiger partial charge in [0.15, 0.2) is 0 Å². The molecule has 0 fully saturated rings. The summed E-state index contributed by atoms with van der Waals surface area (Å²) in [5.41, 5.74) is -0.448. The number of hydrogen-bond acceptors (Lipinski definition) is 2. The summed E-state index contributed by atoms with van der Waals surface area (Å²) in [4.78, 5) is 13.6.